The molecule has 0 bridgehead atoms. The number of unbranched alkanes of at least 4 members (excludes halogenated alkanes) is 4. The summed E-state index contributed by atoms with van der Waals surface area (Å²) in [5, 5.41) is 5.16. The molecule has 216 valence electrons. The molecule has 0 saturated carbocycles. The SMILES string of the molecule is CCCCCCCC(=O)OCCSC[C@@H](NC(=O)OC(C)(C)C)C(=O)N[C@@H](COC(C)(C)C)C(=O)OC. The summed E-state index contributed by atoms with van der Waals surface area (Å²) in [6.07, 6.45) is 4.90. The molecule has 37 heavy (non-hydrogen) atoms. The Labute approximate surface area is 226 Å². The van der Waals surface area contributed by atoms with Gasteiger partial charge >= 0.3 is 18.0 Å². The average molecular weight is 549 g/mol. The normalized spacial score (nSPS) is 13.3. The van der Waals surface area contributed by atoms with Crippen molar-refractivity contribution in [2.75, 3.05) is 31.8 Å². The van der Waals surface area contributed by atoms with E-state index in [9.17, 15) is 19.2 Å². The Morgan fingerprint density at radius 2 is 1.51 bits per heavy atom. The van der Waals surface area contributed by atoms with E-state index in [2.05, 4.69) is 17.6 Å². The van der Waals surface area contributed by atoms with Crippen molar-refractivity contribution < 1.29 is 38.1 Å². The highest BCUT2D eigenvalue weighted by Crippen LogP contribution is 2.11. The molecule has 0 spiro atoms. The number of nitrogens with one attached hydrogen (secondary N) is 2. The summed E-state index contributed by atoms with van der Waals surface area (Å²) < 4.78 is 21.0. The van der Waals surface area contributed by atoms with Gasteiger partial charge in [-0.15, -0.1) is 0 Å². The van der Waals surface area contributed by atoms with Gasteiger partial charge in [-0.05, 0) is 48.0 Å². The van der Waals surface area contributed by atoms with Crippen molar-refractivity contribution in [2.45, 2.75) is 110 Å². The minimum Gasteiger partial charge on any atom is -0.467 e. The van der Waals surface area contributed by atoms with Gasteiger partial charge < -0.3 is 29.6 Å². The van der Waals surface area contributed by atoms with Crippen LogP contribution in [-0.4, -0.2) is 79.1 Å². The second-order valence-corrected chi connectivity index (χ2v) is 11.8. The van der Waals surface area contributed by atoms with Gasteiger partial charge in [-0.1, -0.05) is 32.6 Å². The zero-order chi connectivity index (χ0) is 28.5. The van der Waals surface area contributed by atoms with Gasteiger partial charge in [-0.25, -0.2) is 9.59 Å². The molecule has 0 saturated heterocycles. The fraction of sp³-hybridized carbons (Fsp3) is 0.846. The highest BCUT2D eigenvalue weighted by Gasteiger charge is 2.30. The first-order valence-electron chi connectivity index (χ1n) is 12.9. The lowest BCUT2D eigenvalue weighted by Gasteiger charge is -2.26. The zero-order valence-electron chi connectivity index (χ0n) is 23.9. The van der Waals surface area contributed by atoms with Crippen molar-refractivity contribution in [3.05, 3.63) is 0 Å². The number of esters is 2. The molecule has 0 aromatic carbocycles. The maximum atomic E-state index is 13.0. The summed E-state index contributed by atoms with van der Waals surface area (Å²) >= 11 is 1.33. The van der Waals surface area contributed by atoms with Crippen molar-refractivity contribution in [3.63, 3.8) is 0 Å². The summed E-state index contributed by atoms with van der Waals surface area (Å²) in [5.74, 6) is -0.876. The fourth-order valence-electron chi connectivity index (χ4n) is 2.91. The predicted molar refractivity (Wildman–Crippen MR) is 144 cm³/mol. The Bertz CT molecular complexity index is 704. The van der Waals surface area contributed by atoms with Gasteiger partial charge in [0.05, 0.1) is 19.3 Å². The van der Waals surface area contributed by atoms with E-state index < -0.39 is 41.3 Å². The van der Waals surface area contributed by atoms with E-state index in [0.717, 1.165) is 25.7 Å². The van der Waals surface area contributed by atoms with Crippen molar-refractivity contribution in [3.8, 4) is 0 Å². The molecule has 0 aliphatic rings. The molecule has 2 atom stereocenters. The first-order valence-corrected chi connectivity index (χ1v) is 14.1. The molecule has 2 N–H and O–H groups in total. The van der Waals surface area contributed by atoms with E-state index in [4.69, 9.17) is 18.9 Å². The quantitative estimate of drug-likeness (QED) is 0.157. The van der Waals surface area contributed by atoms with Crippen LogP contribution in [0.25, 0.3) is 0 Å². The highest BCUT2D eigenvalue weighted by atomic mass is 32.2. The van der Waals surface area contributed by atoms with E-state index in [0.29, 0.717) is 12.2 Å². The lowest BCUT2D eigenvalue weighted by Crippen LogP contribution is -2.55. The van der Waals surface area contributed by atoms with Gasteiger partial charge in [0.2, 0.25) is 5.91 Å². The molecule has 0 radical (unpaired) electrons. The Morgan fingerprint density at radius 1 is 0.865 bits per heavy atom. The molecule has 10 nitrogen and oxygen atoms in total. The molecule has 0 aromatic rings. The Morgan fingerprint density at radius 3 is 2.08 bits per heavy atom. The minimum atomic E-state index is -1.05. The summed E-state index contributed by atoms with van der Waals surface area (Å²) in [4.78, 5) is 49.4. The molecule has 11 heteroatoms. The molecule has 0 aromatic heterocycles. The van der Waals surface area contributed by atoms with Gasteiger partial charge in [-0.2, -0.15) is 11.8 Å². The number of carbonyl (C=O) groups excluding carboxylic acids is 4. The molecule has 0 rings (SSSR count). The van der Waals surface area contributed by atoms with Gasteiger partial charge in [-0.3, -0.25) is 9.59 Å². The predicted octanol–water partition coefficient (Wildman–Crippen LogP) is 3.99. The van der Waals surface area contributed by atoms with Gasteiger partial charge in [0.25, 0.3) is 0 Å². The van der Waals surface area contributed by atoms with Crippen molar-refractivity contribution >= 4 is 35.7 Å². The third-order valence-corrected chi connectivity index (χ3v) is 5.78. The van der Waals surface area contributed by atoms with E-state index in [1.807, 2.05) is 20.8 Å². The number of alkyl carbamates (subject to hydrolysis) is 1. The molecule has 2 amide bonds. The lowest BCUT2D eigenvalue weighted by atomic mass is 10.1. The van der Waals surface area contributed by atoms with Crippen LogP contribution in [0, 0.1) is 0 Å². The molecule has 0 unspecified atom stereocenters. The van der Waals surface area contributed by atoms with Crippen LogP contribution in [0.4, 0.5) is 4.79 Å². The summed E-state index contributed by atoms with van der Waals surface area (Å²) in [7, 11) is 1.22. The number of rotatable bonds is 17. The monoisotopic (exact) mass is 548 g/mol. The number of hydrogen-bond donors (Lipinski definition) is 2. The number of ether oxygens (including phenoxy) is 4. The summed E-state index contributed by atoms with van der Waals surface area (Å²) in [6.45, 7) is 12.9. The Hall–Kier alpha value is -2.01. The van der Waals surface area contributed by atoms with Crippen LogP contribution in [-0.2, 0) is 33.3 Å². The first-order chi connectivity index (χ1) is 17.2. The number of amides is 2. The molecular formula is C26H48N2O8S. The smallest absolute Gasteiger partial charge is 0.408 e. The van der Waals surface area contributed by atoms with Crippen LogP contribution in [0.15, 0.2) is 0 Å². The second-order valence-electron chi connectivity index (χ2n) is 10.7. The van der Waals surface area contributed by atoms with Crippen molar-refractivity contribution in [1.29, 1.82) is 0 Å². The second kappa shape index (κ2) is 18.3. The fourth-order valence-corrected chi connectivity index (χ4v) is 3.75. The van der Waals surface area contributed by atoms with Crippen LogP contribution < -0.4 is 10.6 Å². The average Bonchev–Trinajstić information content (AvgIpc) is 2.78. The first kappa shape index (κ1) is 35.0. The van der Waals surface area contributed by atoms with Crippen LogP contribution >= 0.6 is 11.8 Å². The standard InChI is InChI=1S/C26H48N2O8S/c1-9-10-11-12-13-14-21(29)34-15-16-37-18-20(28-24(32)36-26(5,6)7)22(30)27-19(23(31)33-8)17-35-25(2,3)4/h19-20H,9-18H2,1-8H3,(H,27,30)(H,28,32)/t19-,20+/m0/s1. The van der Waals surface area contributed by atoms with Gasteiger partial charge in [0.1, 0.15) is 18.2 Å². The highest BCUT2D eigenvalue weighted by molar-refractivity contribution is 7.99. The third kappa shape index (κ3) is 19.7. The van der Waals surface area contributed by atoms with Crippen molar-refractivity contribution in [2.24, 2.45) is 0 Å². The summed E-state index contributed by atoms with van der Waals surface area (Å²) in [6, 6.07) is -2.06. The zero-order valence-corrected chi connectivity index (χ0v) is 24.7. The van der Waals surface area contributed by atoms with Gasteiger partial charge in [0, 0.05) is 17.9 Å². The summed E-state index contributed by atoms with van der Waals surface area (Å²) in [5.41, 5.74) is -1.29. The Balaban J connectivity index is 4.93. The van der Waals surface area contributed by atoms with Crippen molar-refractivity contribution in [1.82, 2.24) is 10.6 Å². The number of methoxy groups -OCH3 is 1. The van der Waals surface area contributed by atoms with E-state index in [-0.39, 0.29) is 24.9 Å². The third-order valence-electron chi connectivity index (χ3n) is 4.75. The van der Waals surface area contributed by atoms with Crippen LogP contribution in [0.3, 0.4) is 0 Å². The topological polar surface area (TPSA) is 129 Å². The van der Waals surface area contributed by atoms with E-state index in [1.165, 1.54) is 25.3 Å². The largest absolute Gasteiger partial charge is 0.467 e. The maximum Gasteiger partial charge on any atom is 0.408 e. The molecular weight excluding hydrogens is 500 g/mol. The lowest BCUT2D eigenvalue weighted by molar-refractivity contribution is -0.148. The maximum absolute atomic E-state index is 13.0. The van der Waals surface area contributed by atoms with E-state index >= 15 is 0 Å². The number of hydrogen-bond acceptors (Lipinski definition) is 9. The number of thioether (sulfide) groups is 1. The molecule has 0 aliphatic heterocycles. The van der Waals surface area contributed by atoms with Crippen LogP contribution in [0.2, 0.25) is 0 Å². The van der Waals surface area contributed by atoms with Gasteiger partial charge in [0.15, 0.2) is 6.04 Å². The van der Waals surface area contributed by atoms with E-state index in [1.54, 1.807) is 20.8 Å². The molecule has 0 fully saturated rings. The Kier molecular flexibility index (Phi) is 17.3. The van der Waals surface area contributed by atoms with Crippen LogP contribution in [0.1, 0.15) is 87.0 Å². The van der Waals surface area contributed by atoms with Crippen LogP contribution in [0.5, 0.6) is 0 Å². The number of carbonyl (C=O) groups is 4. The minimum absolute atomic E-state index is 0.0946. The molecule has 0 heterocycles. The molecule has 0 aliphatic carbocycles.